The molecule has 152 valence electrons. The van der Waals surface area contributed by atoms with Crippen molar-refractivity contribution in [2.75, 3.05) is 25.4 Å². The van der Waals surface area contributed by atoms with E-state index < -0.39 is 0 Å². The summed E-state index contributed by atoms with van der Waals surface area (Å²) in [4.78, 5) is 14.6. The van der Waals surface area contributed by atoms with Gasteiger partial charge in [0.05, 0.1) is 35.1 Å². The van der Waals surface area contributed by atoms with Crippen LogP contribution in [-0.4, -0.2) is 29.9 Å². The molecule has 0 radical (unpaired) electrons. The lowest BCUT2D eigenvalue weighted by molar-refractivity contribution is -0.931. The number of quaternary nitrogens is 1. The summed E-state index contributed by atoms with van der Waals surface area (Å²) in [6, 6.07) is 18.0. The van der Waals surface area contributed by atoms with Crippen LogP contribution < -0.4 is 5.73 Å². The van der Waals surface area contributed by atoms with Gasteiger partial charge in [0.15, 0.2) is 5.78 Å². The molecule has 4 heteroatoms. The molecule has 0 aliphatic carbocycles. The number of benzene rings is 2. The van der Waals surface area contributed by atoms with Gasteiger partial charge in [0.2, 0.25) is 0 Å². The first-order valence-electron chi connectivity index (χ1n) is 10.2. The summed E-state index contributed by atoms with van der Waals surface area (Å²) in [5.74, 6) is 0.0250. The van der Waals surface area contributed by atoms with Gasteiger partial charge in [0.25, 0.3) is 0 Å². The average Bonchev–Trinajstić information content (AvgIpc) is 3.09. The second-order valence-corrected chi connectivity index (χ2v) is 9.07. The second kappa shape index (κ2) is 8.42. The van der Waals surface area contributed by atoms with Crippen molar-refractivity contribution in [2.45, 2.75) is 13.0 Å². The van der Waals surface area contributed by atoms with E-state index >= 15 is 0 Å². The first kappa shape index (κ1) is 20.3. The number of carbonyl (C=O) groups excluding carboxylic acids is 1. The molecule has 0 amide bonds. The smallest absolute Gasteiger partial charge is 0.196 e. The number of nitrogen functional groups attached to an aromatic ring is 1. The predicted molar refractivity (Wildman–Crippen MR) is 127 cm³/mol. The third-order valence-corrected chi connectivity index (χ3v) is 6.99. The van der Waals surface area contributed by atoms with Crippen molar-refractivity contribution in [3.63, 3.8) is 0 Å². The summed E-state index contributed by atoms with van der Waals surface area (Å²) in [6.45, 7) is 11.5. The normalized spacial score (nSPS) is 14.7. The Morgan fingerprint density at radius 3 is 2.27 bits per heavy atom. The van der Waals surface area contributed by atoms with Gasteiger partial charge in [-0.2, -0.15) is 0 Å². The molecule has 1 aromatic heterocycles. The van der Waals surface area contributed by atoms with Crippen LogP contribution in [0.25, 0.3) is 11.1 Å². The van der Waals surface area contributed by atoms with Crippen LogP contribution in [0.5, 0.6) is 0 Å². The van der Waals surface area contributed by atoms with Crippen molar-refractivity contribution in [2.24, 2.45) is 0 Å². The standard InChI is InChI=1S/C26H26N2OS/c1-3-15-28(16-4-2)17-14-22-23(18-28)30-26(27)24(22)25(29)21-12-10-20(11-13-21)19-8-6-5-7-9-19/h3-13H,1-2,14-18H2,(H-,27,29)/p+1. The van der Waals surface area contributed by atoms with Gasteiger partial charge in [0, 0.05) is 12.0 Å². The van der Waals surface area contributed by atoms with Gasteiger partial charge in [-0.1, -0.05) is 67.8 Å². The fourth-order valence-electron chi connectivity index (χ4n) is 4.43. The van der Waals surface area contributed by atoms with Crippen LogP contribution >= 0.6 is 11.3 Å². The van der Waals surface area contributed by atoms with Gasteiger partial charge in [-0.25, -0.2) is 0 Å². The van der Waals surface area contributed by atoms with Gasteiger partial charge < -0.3 is 10.2 Å². The van der Waals surface area contributed by atoms with E-state index in [9.17, 15) is 4.79 Å². The minimum atomic E-state index is 0.0250. The number of thiophene rings is 1. The summed E-state index contributed by atoms with van der Waals surface area (Å²) in [5.41, 5.74) is 11.1. The van der Waals surface area contributed by atoms with E-state index in [4.69, 9.17) is 5.73 Å². The van der Waals surface area contributed by atoms with Gasteiger partial charge in [-0.05, 0) is 28.8 Å². The largest absolute Gasteiger partial charge is 0.390 e. The Hall–Kier alpha value is -2.95. The Kier molecular flexibility index (Phi) is 5.71. The number of hydrogen-bond donors (Lipinski definition) is 1. The molecule has 0 saturated carbocycles. The lowest BCUT2D eigenvalue weighted by atomic mass is 9.94. The van der Waals surface area contributed by atoms with Crippen molar-refractivity contribution in [3.05, 3.63) is 101 Å². The third kappa shape index (κ3) is 3.76. The summed E-state index contributed by atoms with van der Waals surface area (Å²) < 4.78 is 0.902. The molecular formula is C26H27N2OS+. The summed E-state index contributed by atoms with van der Waals surface area (Å²) in [7, 11) is 0. The lowest BCUT2D eigenvalue weighted by Gasteiger charge is -2.40. The zero-order valence-electron chi connectivity index (χ0n) is 17.1. The molecule has 4 rings (SSSR count). The fourth-order valence-corrected chi connectivity index (χ4v) is 5.68. The monoisotopic (exact) mass is 415 g/mol. The van der Waals surface area contributed by atoms with E-state index in [1.54, 1.807) is 11.3 Å². The maximum Gasteiger partial charge on any atom is 0.196 e. The SMILES string of the molecule is C=CC[N+]1(CC=C)CCc2c(sc(N)c2C(=O)c2ccc(-c3ccccc3)cc2)C1. The van der Waals surface area contributed by atoms with E-state index in [1.165, 1.54) is 4.88 Å². The highest BCUT2D eigenvalue weighted by atomic mass is 32.1. The van der Waals surface area contributed by atoms with Crippen LogP contribution in [0.3, 0.4) is 0 Å². The molecule has 2 heterocycles. The number of carbonyl (C=O) groups is 1. The van der Waals surface area contributed by atoms with E-state index in [-0.39, 0.29) is 5.78 Å². The van der Waals surface area contributed by atoms with Gasteiger partial charge in [-0.15, -0.1) is 11.3 Å². The van der Waals surface area contributed by atoms with Crippen molar-refractivity contribution in [3.8, 4) is 11.1 Å². The van der Waals surface area contributed by atoms with Crippen molar-refractivity contribution in [1.29, 1.82) is 0 Å². The number of nitrogens with zero attached hydrogens (tertiary/aromatic N) is 1. The zero-order chi connectivity index (χ0) is 21.1. The van der Waals surface area contributed by atoms with Crippen molar-refractivity contribution < 1.29 is 9.28 Å². The number of anilines is 1. The first-order valence-corrected chi connectivity index (χ1v) is 11.1. The molecule has 0 fully saturated rings. The highest BCUT2D eigenvalue weighted by Crippen LogP contribution is 2.39. The molecule has 30 heavy (non-hydrogen) atoms. The molecule has 2 N–H and O–H groups in total. The minimum Gasteiger partial charge on any atom is -0.390 e. The highest BCUT2D eigenvalue weighted by Gasteiger charge is 2.35. The van der Waals surface area contributed by atoms with E-state index in [2.05, 4.69) is 25.3 Å². The Morgan fingerprint density at radius 1 is 1.00 bits per heavy atom. The van der Waals surface area contributed by atoms with Crippen LogP contribution in [-0.2, 0) is 13.0 Å². The Bertz CT molecular complexity index is 1070. The van der Waals surface area contributed by atoms with Crippen molar-refractivity contribution >= 4 is 22.1 Å². The molecule has 2 aromatic carbocycles. The number of ketones is 1. The average molecular weight is 416 g/mol. The van der Waals surface area contributed by atoms with E-state index in [0.29, 0.717) is 16.1 Å². The molecule has 3 aromatic rings. The summed E-state index contributed by atoms with van der Waals surface area (Å²) in [5, 5.41) is 0.634. The lowest BCUT2D eigenvalue weighted by Crippen LogP contribution is -2.51. The van der Waals surface area contributed by atoms with Crippen LogP contribution in [0.15, 0.2) is 79.9 Å². The Morgan fingerprint density at radius 2 is 1.63 bits per heavy atom. The Labute approximate surface area is 182 Å². The quantitative estimate of drug-likeness (QED) is 0.316. The molecule has 0 saturated heterocycles. The maximum absolute atomic E-state index is 13.4. The molecule has 0 bridgehead atoms. The van der Waals surface area contributed by atoms with Gasteiger partial charge >= 0.3 is 0 Å². The van der Waals surface area contributed by atoms with Crippen LogP contribution in [0.1, 0.15) is 26.4 Å². The van der Waals surface area contributed by atoms with Crippen LogP contribution in [0.2, 0.25) is 0 Å². The summed E-state index contributed by atoms with van der Waals surface area (Å²) >= 11 is 1.57. The molecule has 0 spiro atoms. The minimum absolute atomic E-state index is 0.0250. The fraction of sp³-hybridized carbons (Fsp3) is 0.192. The number of hydrogen-bond acceptors (Lipinski definition) is 3. The molecule has 0 atom stereocenters. The van der Waals surface area contributed by atoms with Crippen molar-refractivity contribution in [1.82, 2.24) is 0 Å². The number of fused-ring (bicyclic) bond motifs is 1. The molecular weight excluding hydrogens is 388 g/mol. The number of rotatable bonds is 7. The van der Waals surface area contributed by atoms with E-state index in [1.807, 2.05) is 54.6 Å². The van der Waals surface area contributed by atoms with Crippen LogP contribution in [0.4, 0.5) is 5.00 Å². The molecule has 3 nitrogen and oxygen atoms in total. The van der Waals surface area contributed by atoms with Gasteiger partial charge in [0.1, 0.15) is 6.54 Å². The Balaban J connectivity index is 1.63. The topological polar surface area (TPSA) is 43.1 Å². The zero-order valence-corrected chi connectivity index (χ0v) is 18.0. The predicted octanol–water partition coefficient (Wildman–Crippen LogP) is 5.47. The van der Waals surface area contributed by atoms with Crippen LogP contribution in [0, 0.1) is 0 Å². The third-order valence-electron chi connectivity index (χ3n) is 5.95. The van der Waals surface area contributed by atoms with E-state index in [0.717, 1.165) is 53.8 Å². The molecule has 1 aliphatic rings. The summed E-state index contributed by atoms with van der Waals surface area (Å²) in [6.07, 6.45) is 4.81. The number of nitrogens with two attached hydrogens (primary N) is 1. The van der Waals surface area contributed by atoms with Gasteiger partial charge in [-0.3, -0.25) is 4.79 Å². The highest BCUT2D eigenvalue weighted by molar-refractivity contribution is 7.16. The second-order valence-electron chi connectivity index (χ2n) is 7.93. The molecule has 0 unspecified atom stereocenters. The molecule has 1 aliphatic heterocycles. The maximum atomic E-state index is 13.4. The first-order chi connectivity index (χ1) is 14.6.